The maximum Gasteiger partial charge on any atom is 0.270 e. The monoisotopic (exact) mass is 468 g/mol. The van der Waals surface area contributed by atoms with E-state index < -0.39 is 0 Å². The number of pyridine rings is 2. The third-order valence-corrected chi connectivity index (χ3v) is 6.21. The van der Waals surface area contributed by atoms with Crippen LogP contribution in [-0.2, 0) is 13.1 Å². The van der Waals surface area contributed by atoms with Crippen molar-refractivity contribution in [3.8, 4) is 22.4 Å². The van der Waals surface area contributed by atoms with E-state index in [0.717, 1.165) is 27.8 Å². The lowest BCUT2D eigenvalue weighted by molar-refractivity contribution is 0.0945. The third-order valence-electron chi connectivity index (χ3n) is 6.21. The van der Waals surface area contributed by atoms with E-state index in [1.54, 1.807) is 36.7 Å². The SMILES string of the molecule is O=C(NCc1ccccc1F)c1cc2c(c(-c3cccc(-c4cccnc4)c3)n1)[C@@H](CCO)NC2. The summed E-state index contributed by atoms with van der Waals surface area (Å²) in [5, 5.41) is 15.8. The molecule has 0 unspecified atom stereocenters. The highest BCUT2D eigenvalue weighted by molar-refractivity contribution is 5.93. The van der Waals surface area contributed by atoms with Crippen molar-refractivity contribution in [1.82, 2.24) is 20.6 Å². The number of aromatic nitrogens is 2. The summed E-state index contributed by atoms with van der Waals surface area (Å²) >= 11 is 0. The summed E-state index contributed by atoms with van der Waals surface area (Å²) in [6, 6.07) is 19.9. The fraction of sp³-hybridized carbons (Fsp3) is 0.179. The molecule has 0 bridgehead atoms. The molecule has 0 radical (unpaired) electrons. The lowest BCUT2D eigenvalue weighted by Crippen LogP contribution is -2.25. The number of aliphatic hydroxyl groups excluding tert-OH is 1. The predicted molar refractivity (Wildman–Crippen MR) is 132 cm³/mol. The Labute approximate surface area is 202 Å². The first-order chi connectivity index (χ1) is 17.1. The van der Waals surface area contributed by atoms with Gasteiger partial charge in [-0.3, -0.25) is 9.78 Å². The van der Waals surface area contributed by atoms with Gasteiger partial charge in [0.05, 0.1) is 5.69 Å². The van der Waals surface area contributed by atoms with Crippen LogP contribution in [0, 0.1) is 5.82 Å². The Kier molecular flexibility index (Phi) is 6.61. The van der Waals surface area contributed by atoms with Gasteiger partial charge >= 0.3 is 0 Å². The molecule has 0 fully saturated rings. The summed E-state index contributed by atoms with van der Waals surface area (Å²) < 4.78 is 14.0. The van der Waals surface area contributed by atoms with E-state index in [1.165, 1.54) is 6.07 Å². The maximum atomic E-state index is 14.0. The quantitative estimate of drug-likeness (QED) is 0.374. The summed E-state index contributed by atoms with van der Waals surface area (Å²) in [4.78, 5) is 22.0. The van der Waals surface area contributed by atoms with Crippen LogP contribution >= 0.6 is 0 Å². The lowest BCUT2D eigenvalue weighted by atomic mass is 9.94. The Balaban J connectivity index is 1.53. The smallest absolute Gasteiger partial charge is 0.270 e. The second-order valence-corrected chi connectivity index (χ2v) is 8.47. The van der Waals surface area contributed by atoms with Crippen LogP contribution in [0.15, 0.2) is 79.1 Å². The van der Waals surface area contributed by atoms with Gasteiger partial charge < -0.3 is 15.7 Å². The van der Waals surface area contributed by atoms with Crippen molar-refractivity contribution in [2.75, 3.05) is 6.61 Å². The van der Waals surface area contributed by atoms with E-state index in [2.05, 4.69) is 15.6 Å². The molecule has 1 aliphatic heterocycles. The standard InChI is InChI=1S/C28H25FN4O2/c29-23-9-2-1-5-21(23)16-32-28(35)25-14-22-17-31-24(10-12-34)26(22)27(33-25)19-7-3-6-18(13-19)20-8-4-11-30-15-20/h1-9,11,13-15,24,31,34H,10,12,16-17H2,(H,32,35)/t24-/m1/s1. The van der Waals surface area contributed by atoms with E-state index >= 15 is 0 Å². The Morgan fingerprint density at radius 3 is 2.69 bits per heavy atom. The zero-order valence-electron chi connectivity index (χ0n) is 19.0. The summed E-state index contributed by atoms with van der Waals surface area (Å²) in [5.41, 5.74) is 6.19. The number of rotatable bonds is 7. The zero-order chi connectivity index (χ0) is 24.2. The Morgan fingerprint density at radius 2 is 1.89 bits per heavy atom. The van der Waals surface area contributed by atoms with E-state index in [-0.39, 0.29) is 36.6 Å². The minimum Gasteiger partial charge on any atom is -0.396 e. The summed E-state index contributed by atoms with van der Waals surface area (Å²) in [7, 11) is 0. The normalized spacial score (nSPS) is 14.5. The van der Waals surface area contributed by atoms with Gasteiger partial charge in [-0.05, 0) is 47.4 Å². The molecule has 0 spiro atoms. The molecule has 1 amide bonds. The van der Waals surface area contributed by atoms with Crippen molar-refractivity contribution in [2.24, 2.45) is 0 Å². The number of amides is 1. The number of fused-ring (bicyclic) bond motifs is 1. The molecule has 1 atom stereocenters. The number of halogens is 1. The van der Waals surface area contributed by atoms with Gasteiger partial charge in [0.15, 0.2) is 0 Å². The number of hydrogen-bond acceptors (Lipinski definition) is 5. The van der Waals surface area contributed by atoms with Crippen LogP contribution in [0.1, 0.15) is 39.6 Å². The molecule has 2 aromatic carbocycles. The molecular formula is C28H25FN4O2. The number of nitrogens with zero attached hydrogens (tertiary/aromatic N) is 2. The highest BCUT2D eigenvalue weighted by Gasteiger charge is 2.28. The van der Waals surface area contributed by atoms with E-state index in [0.29, 0.717) is 24.2 Å². The first-order valence-corrected chi connectivity index (χ1v) is 11.5. The second-order valence-electron chi connectivity index (χ2n) is 8.47. The third kappa shape index (κ3) is 4.82. The average molecular weight is 469 g/mol. The minimum absolute atomic E-state index is 0.0388. The number of nitrogens with one attached hydrogen (secondary N) is 2. The maximum absolute atomic E-state index is 14.0. The Bertz CT molecular complexity index is 1360. The molecule has 3 heterocycles. The lowest BCUT2D eigenvalue weighted by Gasteiger charge is -2.17. The van der Waals surface area contributed by atoms with Crippen molar-refractivity contribution in [1.29, 1.82) is 0 Å². The molecule has 1 aliphatic rings. The molecular weight excluding hydrogens is 443 g/mol. The van der Waals surface area contributed by atoms with Crippen LogP contribution in [0.5, 0.6) is 0 Å². The van der Waals surface area contributed by atoms with E-state index in [4.69, 9.17) is 4.98 Å². The van der Waals surface area contributed by atoms with Gasteiger partial charge in [-0.25, -0.2) is 9.37 Å². The Morgan fingerprint density at radius 1 is 1.06 bits per heavy atom. The zero-order valence-corrected chi connectivity index (χ0v) is 19.0. The highest BCUT2D eigenvalue weighted by Crippen LogP contribution is 2.37. The molecule has 35 heavy (non-hydrogen) atoms. The van der Waals surface area contributed by atoms with Crippen LogP contribution in [0.3, 0.4) is 0 Å². The molecule has 2 aromatic heterocycles. The summed E-state index contributed by atoms with van der Waals surface area (Å²) in [5.74, 6) is -0.731. The van der Waals surface area contributed by atoms with Crippen molar-refractivity contribution in [3.63, 3.8) is 0 Å². The average Bonchev–Trinajstić information content (AvgIpc) is 3.31. The first-order valence-electron chi connectivity index (χ1n) is 11.5. The molecule has 7 heteroatoms. The van der Waals surface area contributed by atoms with Crippen molar-refractivity contribution < 1.29 is 14.3 Å². The molecule has 176 valence electrons. The van der Waals surface area contributed by atoms with Crippen LogP contribution in [-0.4, -0.2) is 27.6 Å². The number of hydrogen-bond donors (Lipinski definition) is 3. The number of carbonyl (C=O) groups excluding carboxylic acids is 1. The Hall–Kier alpha value is -3.94. The molecule has 6 nitrogen and oxygen atoms in total. The molecule has 3 N–H and O–H groups in total. The van der Waals surface area contributed by atoms with E-state index in [1.807, 2.05) is 36.4 Å². The van der Waals surface area contributed by atoms with Crippen LogP contribution in [0.25, 0.3) is 22.4 Å². The van der Waals surface area contributed by atoms with Crippen molar-refractivity contribution in [3.05, 3.63) is 107 Å². The summed E-state index contributed by atoms with van der Waals surface area (Å²) in [6.45, 7) is 0.685. The van der Waals surface area contributed by atoms with Gasteiger partial charge in [-0.1, -0.05) is 42.5 Å². The van der Waals surface area contributed by atoms with Gasteiger partial charge in [0.25, 0.3) is 5.91 Å². The predicted octanol–water partition coefficient (Wildman–Crippen LogP) is 4.41. The van der Waals surface area contributed by atoms with Gasteiger partial charge in [-0.2, -0.15) is 0 Å². The minimum atomic E-state index is -0.369. The van der Waals surface area contributed by atoms with Gasteiger partial charge in [-0.15, -0.1) is 0 Å². The molecule has 0 aliphatic carbocycles. The summed E-state index contributed by atoms with van der Waals surface area (Å²) in [6.07, 6.45) is 4.08. The molecule has 4 aromatic rings. The van der Waals surface area contributed by atoms with Gasteiger partial charge in [0.2, 0.25) is 0 Å². The fourth-order valence-corrected chi connectivity index (χ4v) is 4.48. The first kappa shape index (κ1) is 22.8. The van der Waals surface area contributed by atoms with Crippen molar-refractivity contribution >= 4 is 5.91 Å². The number of benzene rings is 2. The number of carbonyl (C=O) groups is 1. The highest BCUT2D eigenvalue weighted by atomic mass is 19.1. The van der Waals surface area contributed by atoms with Crippen LogP contribution < -0.4 is 10.6 Å². The number of aliphatic hydroxyl groups is 1. The van der Waals surface area contributed by atoms with E-state index in [9.17, 15) is 14.3 Å². The van der Waals surface area contributed by atoms with Crippen molar-refractivity contribution in [2.45, 2.75) is 25.6 Å². The second kappa shape index (κ2) is 10.1. The molecule has 5 rings (SSSR count). The van der Waals surface area contributed by atoms with Crippen LogP contribution in [0.4, 0.5) is 4.39 Å². The van der Waals surface area contributed by atoms with Gasteiger partial charge in [0.1, 0.15) is 11.5 Å². The topological polar surface area (TPSA) is 87.1 Å². The largest absolute Gasteiger partial charge is 0.396 e. The molecule has 0 saturated carbocycles. The fourth-order valence-electron chi connectivity index (χ4n) is 4.48. The van der Waals surface area contributed by atoms with Crippen LogP contribution in [0.2, 0.25) is 0 Å². The molecule has 0 saturated heterocycles. The van der Waals surface area contributed by atoms with Gasteiger partial charge in [0, 0.05) is 54.8 Å².